The van der Waals surface area contributed by atoms with Crippen molar-refractivity contribution >= 4 is 25.7 Å². The van der Waals surface area contributed by atoms with E-state index in [0.29, 0.717) is 12.8 Å². The summed E-state index contributed by atoms with van der Waals surface area (Å²) in [6, 6.07) is 0. The summed E-state index contributed by atoms with van der Waals surface area (Å²) in [5.41, 5.74) is 0. The predicted molar refractivity (Wildman–Crippen MR) is 220 cm³/mol. The van der Waals surface area contributed by atoms with Gasteiger partial charge in [-0.2, -0.15) is 0 Å². The lowest BCUT2D eigenvalue weighted by molar-refractivity contribution is -0.161. The number of phosphoric ester groups is 1. The molecular weight excluding hydrogens is 705 g/mol. The summed E-state index contributed by atoms with van der Waals surface area (Å²) in [5, 5.41) is 2.46. The number of allylic oxidation sites excluding steroid dienone is 4. The fourth-order valence-electron chi connectivity index (χ4n) is 5.90. The number of hydrogen-bond donors (Lipinski definition) is 2. The van der Waals surface area contributed by atoms with Gasteiger partial charge in [0.05, 0.1) is 13.2 Å². The lowest BCUT2D eigenvalue weighted by Gasteiger charge is -2.20. The molecule has 0 saturated heterocycles. The van der Waals surface area contributed by atoms with Gasteiger partial charge in [-0.15, -0.1) is 0 Å². The Kier molecular flexibility index (Phi) is 37.8. The molecule has 1 amide bonds. The quantitative estimate of drug-likeness (QED) is 0.0269. The van der Waals surface area contributed by atoms with Crippen LogP contribution in [0, 0.1) is 0 Å². The molecule has 11 heteroatoms. The van der Waals surface area contributed by atoms with Crippen LogP contribution in [0.4, 0.5) is 0 Å². The number of phosphoric acid groups is 1. The molecule has 0 aromatic rings. The first-order chi connectivity index (χ1) is 26.2. The summed E-state index contributed by atoms with van der Waals surface area (Å²) in [4.78, 5) is 46.1. The van der Waals surface area contributed by atoms with Crippen LogP contribution in [0.1, 0.15) is 201 Å². The Balaban J connectivity index is 4.36. The average molecular weight is 786 g/mol. The van der Waals surface area contributed by atoms with Gasteiger partial charge in [0.2, 0.25) is 5.91 Å². The van der Waals surface area contributed by atoms with Crippen molar-refractivity contribution in [1.82, 2.24) is 5.32 Å². The average Bonchev–Trinajstić information content (AvgIpc) is 3.14. The molecule has 0 aromatic carbocycles. The molecule has 316 valence electrons. The topological polar surface area (TPSA) is 137 Å². The van der Waals surface area contributed by atoms with Gasteiger partial charge in [-0.25, -0.2) is 4.57 Å². The molecule has 2 atom stereocenters. The van der Waals surface area contributed by atoms with Gasteiger partial charge < -0.3 is 19.7 Å². The van der Waals surface area contributed by atoms with Crippen LogP contribution in [0.5, 0.6) is 0 Å². The Bertz CT molecular complexity index is 1000. The van der Waals surface area contributed by atoms with Gasteiger partial charge in [0, 0.05) is 26.3 Å². The first-order valence-corrected chi connectivity index (χ1v) is 23.2. The molecule has 0 aliphatic rings. The summed E-state index contributed by atoms with van der Waals surface area (Å²) >= 11 is 0. The summed E-state index contributed by atoms with van der Waals surface area (Å²) in [5.74, 6) is -1.19. The normalized spacial score (nSPS) is 13.3. The summed E-state index contributed by atoms with van der Waals surface area (Å²) in [6.45, 7) is 4.84. The van der Waals surface area contributed by atoms with Crippen LogP contribution in [0.2, 0.25) is 0 Å². The maximum atomic E-state index is 12.6. The van der Waals surface area contributed by atoms with Crippen LogP contribution >= 0.6 is 7.82 Å². The fraction of sp³-hybridized carbons (Fsp3) is 0.837. The lowest BCUT2D eigenvalue weighted by Crippen LogP contribution is -2.30. The van der Waals surface area contributed by atoms with Crippen molar-refractivity contribution in [1.29, 1.82) is 0 Å². The third-order valence-corrected chi connectivity index (χ3v) is 10.2. The largest absolute Gasteiger partial charge is 0.472 e. The predicted octanol–water partition coefficient (Wildman–Crippen LogP) is 11.8. The zero-order valence-electron chi connectivity index (χ0n) is 34.7. The van der Waals surface area contributed by atoms with Crippen LogP contribution in [0.25, 0.3) is 0 Å². The smallest absolute Gasteiger partial charge is 0.462 e. The van der Waals surface area contributed by atoms with Crippen molar-refractivity contribution in [3.05, 3.63) is 24.3 Å². The highest BCUT2D eigenvalue weighted by Gasteiger charge is 2.26. The van der Waals surface area contributed by atoms with Crippen molar-refractivity contribution in [3.63, 3.8) is 0 Å². The number of carbonyl (C=O) groups is 3. The van der Waals surface area contributed by atoms with Crippen molar-refractivity contribution in [2.24, 2.45) is 0 Å². The zero-order chi connectivity index (χ0) is 39.8. The molecule has 0 spiro atoms. The minimum atomic E-state index is -4.49. The number of hydrogen-bond acceptors (Lipinski definition) is 8. The van der Waals surface area contributed by atoms with Crippen LogP contribution < -0.4 is 5.32 Å². The van der Waals surface area contributed by atoms with Crippen molar-refractivity contribution in [2.75, 3.05) is 26.4 Å². The fourth-order valence-corrected chi connectivity index (χ4v) is 6.65. The van der Waals surface area contributed by atoms with Crippen LogP contribution in [0.3, 0.4) is 0 Å². The van der Waals surface area contributed by atoms with E-state index in [0.717, 1.165) is 64.2 Å². The van der Waals surface area contributed by atoms with Gasteiger partial charge in [-0.05, 0) is 64.2 Å². The minimum Gasteiger partial charge on any atom is -0.462 e. The first-order valence-electron chi connectivity index (χ1n) is 21.7. The van der Waals surface area contributed by atoms with Gasteiger partial charge in [-0.1, -0.05) is 141 Å². The van der Waals surface area contributed by atoms with E-state index >= 15 is 0 Å². The summed E-state index contributed by atoms with van der Waals surface area (Å²) in [7, 11) is -4.49. The van der Waals surface area contributed by atoms with E-state index in [1.54, 1.807) is 0 Å². The maximum absolute atomic E-state index is 12.6. The number of ether oxygens (including phenoxy) is 2. The molecule has 0 aliphatic carbocycles. The number of unbranched alkanes of at least 4 members (excludes halogenated alkanes) is 22. The van der Waals surface area contributed by atoms with Gasteiger partial charge >= 0.3 is 19.8 Å². The second-order valence-corrected chi connectivity index (χ2v) is 16.0. The van der Waals surface area contributed by atoms with E-state index < -0.39 is 32.5 Å². The zero-order valence-corrected chi connectivity index (χ0v) is 35.6. The second kappa shape index (κ2) is 39.2. The van der Waals surface area contributed by atoms with E-state index in [2.05, 4.69) is 43.5 Å². The molecule has 0 heterocycles. The molecule has 0 aliphatic heterocycles. The Morgan fingerprint density at radius 3 is 1.43 bits per heavy atom. The van der Waals surface area contributed by atoms with Crippen molar-refractivity contribution in [3.8, 4) is 0 Å². The van der Waals surface area contributed by atoms with Gasteiger partial charge in [0.1, 0.15) is 6.61 Å². The molecule has 1 unspecified atom stereocenters. The lowest BCUT2D eigenvalue weighted by atomic mass is 10.1. The number of nitrogens with one attached hydrogen (secondary N) is 1. The standard InChI is InChI=1S/C43H80NO9P/c1-4-6-8-10-12-14-16-18-20-22-24-26-28-30-32-34-42(46)50-38-41(39-52-54(48,49)51-37-36-44-40(3)45)53-43(47)35-33-31-29-27-25-23-21-19-17-15-13-11-9-7-5-2/h18-21,41H,4-17,22-39H2,1-3H3,(H,44,45)(H,48,49)/b20-18-,21-19-/t41-/m1/s1. The highest BCUT2D eigenvalue weighted by atomic mass is 31.2. The molecule has 0 saturated carbocycles. The molecular formula is C43H80NO9P. The van der Waals surface area contributed by atoms with Crippen LogP contribution in [-0.4, -0.2) is 55.2 Å². The van der Waals surface area contributed by atoms with E-state index in [9.17, 15) is 23.8 Å². The molecule has 0 aromatic heterocycles. The molecule has 0 bridgehead atoms. The van der Waals surface area contributed by atoms with Gasteiger partial charge in [0.15, 0.2) is 6.10 Å². The first kappa shape index (κ1) is 52.0. The highest BCUT2D eigenvalue weighted by molar-refractivity contribution is 7.47. The molecule has 10 nitrogen and oxygen atoms in total. The van der Waals surface area contributed by atoms with E-state index in [1.165, 1.54) is 96.8 Å². The second-order valence-electron chi connectivity index (χ2n) is 14.5. The van der Waals surface area contributed by atoms with E-state index in [-0.39, 0.29) is 38.5 Å². The maximum Gasteiger partial charge on any atom is 0.472 e. The van der Waals surface area contributed by atoms with Gasteiger partial charge in [-0.3, -0.25) is 23.4 Å². The Labute approximate surface area is 330 Å². The molecule has 0 rings (SSSR count). The summed E-state index contributed by atoms with van der Waals surface area (Å²) in [6.07, 6.45) is 38.8. The van der Waals surface area contributed by atoms with Gasteiger partial charge in [0.25, 0.3) is 0 Å². The Morgan fingerprint density at radius 2 is 0.981 bits per heavy atom. The Morgan fingerprint density at radius 1 is 0.574 bits per heavy atom. The molecule has 54 heavy (non-hydrogen) atoms. The van der Waals surface area contributed by atoms with Crippen molar-refractivity contribution in [2.45, 2.75) is 207 Å². The Hall–Kier alpha value is -2.00. The molecule has 0 radical (unpaired) electrons. The number of rotatable bonds is 40. The monoisotopic (exact) mass is 786 g/mol. The molecule has 2 N–H and O–H groups in total. The SMILES string of the molecule is CCCCCCCC/C=C\CCCCCCCC(=O)OC[C@H](COP(=O)(O)OCCNC(C)=O)OC(=O)CCCCCCC/C=C\CCCCCCCC. The third kappa shape index (κ3) is 39.7. The van der Waals surface area contributed by atoms with Crippen LogP contribution in [0.15, 0.2) is 24.3 Å². The number of amides is 1. The number of carbonyl (C=O) groups excluding carboxylic acids is 3. The van der Waals surface area contributed by atoms with Crippen molar-refractivity contribution < 1.29 is 42.4 Å². The third-order valence-electron chi connectivity index (χ3n) is 9.17. The van der Waals surface area contributed by atoms with Crippen LogP contribution in [-0.2, 0) is 37.5 Å². The minimum absolute atomic E-state index is 0.0333. The van der Waals surface area contributed by atoms with E-state index in [1.807, 2.05) is 0 Å². The highest BCUT2D eigenvalue weighted by Crippen LogP contribution is 2.43. The summed E-state index contributed by atoms with van der Waals surface area (Å²) < 4.78 is 33.1. The molecule has 0 fully saturated rings. The number of esters is 2. The van der Waals surface area contributed by atoms with E-state index in [4.69, 9.17) is 18.5 Å².